The van der Waals surface area contributed by atoms with Gasteiger partial charge >= 0.3 is 0 Å². The van der Waals surface area contributed by atoms with Crippen LogP contribution in [0.3, 0.4) is 0 Å². The molecule has 2 aromatic carbocycles. The third-order valence-corrected chi connectivity index (χ3v) is 3.70. The molecule has 0 aliphatic rings. The van der Waals surface area contributed by atoms with Gasteiger partial charge in [-0.1, -0.05) is 29.8 Å². The Morgan fingerprint density at radius 1 is 1.18 bits per heavy atom. The summed E-state index contributed by atoms with van der Waals surface area (Å²) in [6.45, 7) is 0.536. The number of benzene rings is 2. The molecule has 1 amide bonds. The molecule has 0 radical (unpaired) electrons. The van der Waals surface area contributed by atoms with Gasteiger partial charge in [0.25, 0.3) is 0 Å². The predicted octanol–water partition coefficient (Wildman–Crippen LogP) is 4.46. The van der Waals surface area contributed by atoms with Gasteiger partial charge in [0.2, 0.25) is 5.91 Å². The Morgan fingerprint density at radius 3 is 2.82 bits per heavy atom. The van der Waals surface area contributed by atoms with Crippen LogP contribution in [0.15, 0.2) is 54.7 Å². The van der Waals surface area contributed by atoms with Crippen LogP contribution < -0.4 is 5.32 Å². The number of hydrogen-bond donors (Lipinski definition) is 1. The van der Waals surface area contributed by atoms with Crippen LogP contribution in [0.4, 0.5) is 10.1 Å². The number of halogens is 2. The van der Waals surface area contributed by atoms with Crippen molar-refractivity contribution in [2.75, 3.05) is 5.32 Å². The van der Waals surface area contributed by atoms with Crippen molar-refractivity contribution < 1.29 is 9.18 Å². The first-order chi connectivity index (χ1) is 10.6. The van der Waals surface area contributed by atoms with Gasteiger partial charge in [-0.25, -0.2) is 4.39 Å². The summed E-state index contributed by atoms with van der Waals surface area (Å²) in [6.07, 6.45) is 2.21. The fraction of sp³-hybridized carbons (Fsp3) is 0.118. The topological polar surface area (TPSA) is 34.0 Å². The number of carbonyl (C=O) groups excluding carboxylic acids is 1. The molecule has 3 rings (SSSR count). The summed E-state index contributed by atoms with van der Waals surface area (Å²) < 4.78 is 15.6. The molecule has 1 aromatic heterocycles. The Labute approximate surface area is 132 Å². The minimum atomic E-state index is -0.535. The number of para-hydroxylation sites is 1. The molecule has 0 aliphatic heterocycles. The van der Waals surface area contributed by atoms with Gasteiger partial charge in [-0.15, -0.1) is 0 Å². The van der Waals surface area contributed by atoms with E-state index in [1.807, 2.05) is 41.1 Å². The summed E-state index contributed by atoms with van der Waals surface area (Å²) in [7, 11) is 0. The largest absolute Gasteiger partial charge is 0.347 e. The van der Waals surface area contributed by atoms with Gasteiger partial charge in [0.1, 0.15) is 5.82 Å². The van der Waals surface area contributed by atoms with Crippen molar-refractivity contribution in [3.63, 3.8) is 0 Å². The van der Waals surface area contributed by atoms with Crippen LogP contribution in [-0.2, 0) is 11.3 Å². The molecule has 3 nitrogen and oxygen atoms in total. The van der Waals surface area contributed by atoms with Crippen molar-refractivity contribution in [2.24, 2.45) is 0 Å². The van der Waals surface area contributed by atoms with Crippen molar-refractivity contribution in [1.29, 1.82) is 0 Å². The Hall–Kier alpha value is -2.33. The Bertz CT molecular complexity index is 828. The van der Waals surface area contributed by atoms with E-state index in [9.17, 15) is 9.18 Å². The van der Waals surface area contributed by atoms with E-state index >= 15 is 0 Å². The van der Waals surface area contributed by atoms with Gasteiger partial charge in [-0.2, -0.15) is 0 Å². The van der Waals surface area contributed by atoms with E-state index in [1.54, 1.807) is 6.07 Å². The molecular weight excluding hydrogens is 303 g/mol. The summed E-state index contributed by atoms with van der Waals surface area (Å²) in [5, 5.41) is 3.99. The smallest absolute Gasteiger partial charge is 0.226 e. The Morgan fingerprint density at radius 2 is 2.00 bits per heavy atom. The molecule has 0 aliphatic carbocycles. The van der Waals surface area contributed by atoms with Gasteiger partial charge in [0.05, 0.1) is 5.69 Å². The highest BCUT2D eigenvalue weighted by molar-refractivity contribution is 6.30. The first-order valence-corrected chi connectivity index (χ1v) is 7.30. The van der Waals surface area contributed by atoms with Gasteiger partial charge in [-0.3, -0.25) is 4.79 Å². The molecule has 5 heteroatoms. The number of nitrogens with zero attached hydrogens (tertiary/aromatic N) is 1. The summed E-state index contributed by atoms with van der Waals surface area (Å²) >= 11 is 5.68. The zero-order valence-corrected chi connectivity index (χ0v) is 12.5. The number of aromatic nitrogens is 1. The number of anilines is 1. The highest BCUT2D eigenvalue weighted by Crippen LogP contribution is 2.19. The summed E-state index contributed by atoms with van der Waals surface area (Å²) in [4.78, 5) is 12.0. The monoisotopic (exact) mass is 316 g/mol. The second kappa shape index (κ2) is 6.20. The van der Waals surface area contributed by atoms with Gasteiger partial charge in [0, 0.05) is 29.7 Å². The number of fused-ring (bicyclic) bond motifs is 1. The van der Waals surface area contributed by atoms with Crippen LogP contribution in [0.1, 0.15) is 6.42 Å². The molecule has 22 heavy (non-hydrogen) atoms. The maximum absolute atomic E-state index is 13.6. The van der Waals surface area contributed by atoms with Crippen molar-refractivity contribution in [1.82, 2.24) is 4.57 Å². The number of nitrogens with one attached hydrogen (secondary N) is 1. The first-order valence-electron chi connectivity index (χ1n) is 6.92. The lowest BCUT2D eigenvalue weighted by Crippen LogP contribution is -2.15. The molecule has 112 valence electrons. The highest BCUT2D eigenvalue weighted by atomic mass is 35.5. The van der Waals surface area contributed by atoms with Crippen LogP contribution in [-0.4, -0.2) is 10.5 Å². The Balaban J connectivity index is 1.65. The molecule has 0 bridgehead atoms. The van der Waals surface area contributed by atoms with Gasteiger partial charge < -0.3 is 9.88 Å². The normalized spacial score (nSPS) is 10.8. The van der Waals surface area contributed by atoms with Crippen LogP contribution in [0.5, 0.6) is 0 Å². The fourth-order valence-corrected chi connectivity index (χ4v) is 2.52. The summed E-state index contributed by atoms with van der Waals surface area (Å²) in [5.74, 6) is -0.772. The molecule has 0 saturated heterocycles. The molecule has 0 saturated carbocycles. The molecular formula is C17H14ClFN2O. The van der Waals surface area contributed by atoms with E-state index in [-0.39, 0.29) is 18.0 Å². The van der Waals surface area contributed by atoms with Crippen LogP contribution >= 0.6 is 11.6 Å². The van der Waals surface area contributed by atoms with Crippen molar-refractivity contribution in [3.05, 3.63) is 65.6 Å². The van der Waals surface area contributed by atoms with Crippen LogP contribution in [0, 0.1) is 5.82 Å². The van der Waals surface area contributed by atoms with Crippen LogP contribution in [0.2, 0.25) is 5.02 Å². The minimum absolute atomic E-state index is 0.145. The van der Waals surface area contributed by atoms with E-state index in [1.165, 1.54) is 12.1 Å². The molecule has 3 aromatic rings. The van der Waals surface area contributed by atoms with E-state index in [4.69, 9.17) is 11.6 Å². The maximum Gasteiger partial charge on any atom is 0.226 e. The zero-order valence-electron chi connectivity index (χ0n) is 11.7. The molecule has 0 atom stereocenters. The SMILES string of the molecule is O=C(CCn1ccc2ccccc21)Nc1ccc(Cl)cc1F. The molecule has 0 fully saturated rings. The number of amides is 1. The van der Waals surface area contributed by atoms with Gasteiger partial charge in [0.15, 0.2) is 0 Å². The van der Waals surface area contributed by atoms with E-state index in [2.05, 4.69) is 5.32 Å². The lowest BCUT2D eigenvalue weighted by atomic mass is 10.2. The number of aryl methyl sites for hydroxylation is 1. The Kier molecular flexibility index (Phi) is 4.11. The first kappa shape index (κ1) is 14.6. The van der Waals surface area contributed by atoms with Crippen molar-refractivity contribution >= 4 is 34.1 Å². The third kappa shape index (κ3) is 3.12. The van der Waals surface area contributed by atoms with Crippen molar-refractivity contribution in [3.8, 4) is 0 Å². The summed E-state index contributed by atoms with van der Waals surface area (Å²) in [5.41, 5.74) is 1.22. The second-order valence-corrected chi connectivity index (χ2v) is 5.43. The molecule has 0 spiro atoms. The number of rotatable bonds is 4. The highest BCUT2D eigenvalue weighted by Gasteiger charge is 2.08. The van der Waals surface area contributed by atoms with Gasteiger partial charge in [-0.05, 0) is 35.7 Å². The van der Waals surface area contributed by atoms with E-state index < -0.39 is 5.82 Å². The second-order valence-electron chi connectivity index (χ2n) is 4.99. The quantitative estimate of drug-likeness (QED) is 0.757. The molecule has 1 heterocycles. The lowest BCUT2D eigenvalue weighted by Gasteiger charge is -2.08. The maximum atomic E-state index is 13.6. The van der Waals surface area contributed by atoms with E-state index in [0.717, 1.165) is 10.9 Å². The fourth-order valence-electron chi connectivity index (χ4n) is 2.36. The minimum Gasteiger partial charge on any atom is -0.347 e. The van der Waals surface area contributed by atoms with E-state index in [0.29, 0.717) is 11.6 Å². The average molecular weight is 317 g/mol. The number of carbonyl (C=O) groups is 1. The number of hydrogen-bond acceptors (Lipinski definition) is 1. The predicted molar refractivity (Wildman–Crippen MR) is 86.6 cm³/mol. The lowest BCUT2D eigenvalue weighted by molar-refractivity contribution is -0.116. The zero-order chi connectivity index (χ0) is 15.5. The van der Waals surface area contributed by atoms with Crippen LogP contribution in [0.25, 0.3) is 10.9 Å². The third-order valence-electron chi connectivity index (χ3n) is 3.47. The van der Waals surface area contributed by atoms with Crippen molar-refractivity contribution in [2.45, 2.75) is 13.0 Å². The molecule has 0 unspecified atom stereocenters. The average Bonchev–Trinajstić information content (AvgIpc) is 2.91. The molecule has 1 N–H and O–H groups in total. The standard InChI is InChI=1S/C17H14ClFN2O/c18-13-5-6-15(14(19)11-13)20-17(22)8-10-21-9-7-12-3-1-2-4-16(12)21/h1-7,9,11H,8,10H2,(H,20,22). The summed E-state index contributed by atoms with van der Waals surface area (Å²) in [6, 6.07) is 14.1.